The molecule has 192 valence electrons. The van der Waals surface area contributed by atoms with Crippen LogP contribution in [0.4, 0.5) is 22.0 Å². The Kier molecular flexibility index (Phi) is 7.86. The van der Waals surface area contributed by atoms with Crippen LogP contribution in [0.1, 0.15) is 43.7 Å². The van der Waals surface area contributed by atoms with E-state index in [0.717, 1.165) is 18.2 Å². The van der Waals surface area contributed by atoms with Crippen LogP contribution in [0, 0.1) is 0 Å². The molecule has 0 bridgehead atoms. The van der Waals surface area contributed by atoms with Gasteiger partial charge in [0, 0.05) is 50.1 Å². The third-order valence-electron chi connectivity index (χ3n) is 6.63. The van der Waals surface area contributed by atoms with Crippen LogP contribution in [0.2, 0.25) is 5.02 Å². The SMILES string of the molecule is CCS(=O)(=O)N1CCN(C2(CN=C([O-])c3cccc(C(F)(F)F)c3Cl)CCC(F)(F)CC2)CC1. The standard InChI is InChI=1S/C21H27ClF5N3O3S/c1-2-34(32,33)30-12-10-29(11-13-30)19(6-8-20(23,24)9-7-19)14-28-18(31)15-4-3-5-16(17(15)22)21(25,26)27/h3-5H,2,6-14H2,1H3,(H,28,31)/p-1. The lowest BCUT2D eigenvalue weighted by molar-refractivity contribution is -0.213. The van der Waals surface area contributed by atoms with Crippen LogP contribution < -0.4 is 5.11 Å². The minimum absolute atomic E-state index is 0.0215. The zero-order valence-electron chi connectivity index (χ0n) is 18.5. The van der Waals surface area contributed by atoms with Crippen LogP contribution in [-0.2, 0) is 16.2 Å². The summed E-state index contributed by atoms with van der Waals surface area (Å²) < 4.78 is 92.9. The van der Waals surface area contributed by atoms with E-state index >= 15 is 0 Å². The van der Waals surface area contributed by atoms with E-state index < -0.39 is 62.5 Å². The molecule has 2 fully saturated rings. The number of rotatable bonds is 6. The molecule has 1 aliphatic carbocycles. The summed E-state index contributed by atoms with van der Waals surface area (Å²) in [6.07, 6.45) is -5.55. The summed E-state index contributed by atoms with van der Waals surface area (Å²) in [4.78, 5) is 5.86. The summed E-state index contributed by atoms with van der Waals surface area (Å²) in [7, 11) is -3.39. The molecule has 1 aromatic rings. The van der Waals surface area contributed by atoms with Crippen molar-refractivity contribution in [2.75, 3.05) is 38.5 Å². The maximum atomic E-state index is 13.9. The van der Waals surface area contributed by atoms with Gasteiger partial charge in [-0.05, 0) is 31.7 Å². The van der Waals surface area contributed by atoms with Gasteiger partial charge in [0.05, 0.1) is 22.9 Å². The largest absolute Gasteiger partial charge is 0.858 e. The number of nitrogens with zero attached hydrogens (tertiary/aromatic N) is 3. The first kappa shape index (κ1) is 27.1. The molecule has 0 amide bonds. The Hall–Kier alpha value is -1.50. The number of halogens is 6. The number of benzene rings is 1. The predicted octanol–water partition coefficient (Wildman–Crippen LogP) is 3.38. The van der Waals surface area contributed by atoms with Crippen molar-refractivity contribution in [2.45, 2.75) is 50.2 Å². The Labute approximate surface area is 200 Å². The lowest BCUT2D eigenvalue weighted by Crippen LogP contribution is -2.61. The van der Waals surface area contributed by atoms with E-state index in [-0.39, 0.29) is 51.3 Å². The summed E-state index contributed by atoms with van der Waals surface area (Å²) in [5.74, 6) is -3.86. The minimum atomic E-state index is -4.75. The van der Waals surface area contributed by atoms with Gasteiger partial charge in [-0.1, -0.05) is 23.7 Å². The molecule has 1 aliphatic heterocycles. The molecule has 1 heterocycles. The fraction of sp³-hybridized carbons (Fsp3) is 0.667. The van der Waals surface area contributed by atoms with Gasteiger partial charge in [0.25, 0.3) is 0 Å². The lowest BCUT2D eigenvalue weighted by Gasteiger charge is -2.50. The van der Waals surface area contributed by atoms with Crippen molar-refractivity contribution >= 4 is 27.5 Å². The number of piperazine rings is 1. The summed E-state index contributed by atoms with van der Waals surface area (Å²) in [5, 5.41) is 11.9. The molecule has 0 unspecified atom stereocenters. The topological polar surface area (TPSA) is 76.0 Å². The molecule has 0 radical (unpaired) electrons. The fourth-order valence-electron chi connectivity index (χ4n) is 4.50. The van der Waals surface area contributed by atoms with Crippen molar-refractivity contribution in [3.05, 3.63) is 34.3 Å². The average molecular weight is 531 g/mol. The van der Waals surface area contributed by atoms with Gasteiger partial charge in [0.15, 0.2) is 0 Å². The molecule has 13 heteroatoms. The first-order chi connectivity index (χ1) is 15.7. The van der Waals surface area contributed by atoms with Gasteiger partial charge in [0.2, 0.25) is 15.9 Å². The zero-order valence-corrected chi connectivity index (χ0v) is 20.1. The summed E-state index contributed by atoms with van der Waals surface area (Å²) in [5.41, 5.74) is -2.49. The Balaban J connectivity index is 1.85. The van der Waals surface area contributed by atoms with Gasteiger partial charge in [-0.15, -0.1) is 0 Å². The van der Waals surface area contributed by atoms with E-state index in [2.05, 4.69) is 4.99 Å². The first-order valence-corrected chi connectivity index (χ1v) is 12.9. The maximum Gasteiger partial charge on any atom is 0.417 e. The molecule has 1 saturated heterocycles. The summed E-state index contributed by atoms with van der Waals surface area (Å²) in [6, 6.07) is 2.95. The molecule has 2 aliphatic rings. The molecule has 0 spiro atoms. The van der Waals surface area contributed by atoms with E-state index in [1.165, 1.54) is 11.2 Å². The fourth-order valence-corrected chi connectivity index (χ4v) is 5.90. The maximum absolute atomic E-state index is 13.9. The van der Waals surface area contributed by atoms with Gasteiger partial charge >= 0.3 is 6.18 Å². The van der Waals surface area contributed by atoms with Crippen LogP contribution in [-0.4, -0.2) is 73.5 Å². The Morgan fingerprint density at radius 1 is 1.12 bits per heavy atom. The molecule has 0 N–H and O–H groups in total. The molecule has 6 nitrogen and oxygen atoms in total. The Morgan fingerprint density at radius 3 is 2.24 bits per heavy atom. The normalized spacial score (nSPS) is 22.6. The number of alkyl halides is 5. The monoisotopic (exact) mass is 530 g/mol. The minimum Gasteiger partial charge on any atom is -0.858 e. The third kappa shape index (κ3) is 5.83. The molecular weight excluding hydrogens is 505 g/mol. The van der Waals surface area contributed by atoms with Crippen molar-refractivity contribution in [3.8, 4) is 0 Å². The second-order valence-corrected chi connectivity index (χ2v) is 11.3. The highest BCUT2D eigenvalue weighted by Crippen LogP contribution is 2.42. The molecule has 0 atom stereocenters. The highest BCUT2D eigenvalue weighted by atomic mass is 35.5. The van der Waals surface area contributed by atoms with Crippen molar-refractivity contribution < 1.29 is 35.5 Å². The smallest absolute Gasteiger partial charge is 0.417 e. The molecule has 1 saturated carbocycles. The van der Waals surface area contributed by atoms with Crippen LogP contribution in [0.3, 0.4) is 0 Å². The van der Waals surface area contributed by atoms with Crippen LogP contribution in [0.5, 0.6) is 0 Å². The molecule has 3 rings (SSSR count). The van der Waals surface area contributed by atoms with Crippen LogP contribution in [0.25, 0.3) is 0 Å². The number of sulfonamides is 1. The molecule has 34 heavy (non-hydrogen) atoms. The van der Waals surface area contributed by atoms with Crippen molar-refractivity contribution in [1.29, 1.82) is 0 Å². The van der Waals surface area contributed by atoms with Gasteiger partial charge in [0.1, 0.15) is 0 Å². The van der Waals surface area contributed by atoms with E-state index in [9.17, 15) is 35.5 Å². The summed E-state index contributed by atoms with van der Waals surface area (Å²) >= 11 is 5.83. The number of hydrogen-bond acceptors (Lipinski definition) is 5. The second-order valence-electron chi connectivity index (χ2n) is 8.65. The van der Waals surface area contributed by atoms with Gasteiger partial charge in [-0.2, -0.15) is 17.5 Å². The van der Waals surface area contributed by atoms with Crippen molar-refractivity contribution in [2.24, 2.45) is 4.99 Å². The first-order valence-electron chi connectivity index (χ1n) is 10.9. The van der Waals surface area contributed by atoms with Gasteiger partial charge < -0.3 is 5.11 Å². The van der Waals surface area contributed by atoms with E-state index in [0.29, 0.717) is 0 Å². The quantitative estimate of drug-likeness (QED) is 0.321. The predicted molar refractivity (Wildman–Crippen MR) is 117 cm³/mol. The molecular formula is C21H26ClF5N3O3S-. The number of hydrogen-bond donors (Lipinski definition) is 0. The lowest BCUT2D eigenvalue weighted by atomic mass is 9.78. The Bertz CT molecular complexity index is 1010. The van der Waals surface area contributed by atoms with Crippen molar-refractivity contribution in [1.82, 2.24) is 9.21 Å². The van der Waals surface area contributed by atoms with Gasteiger partial charge in [-0.3, -0.25) is 9.89 Å². The molecule has 0 aromatic heterocycles. The van der Waals surface area contributed by atoms with E-state index in [1.54, 1.807) is 0 Å². The zero-order chi connectivity index (χ0) is 25.4. The van der Waals surface area contributed by atoms with Crippen LogP contribution >= 0.6 is 11.6 Å². The average Bonchev–Trinajstić information content (AvgIpc) is 2.78. The second kappa shape index (κ2) is 9.87. The number of aliphatic imine (C=N–C) groups is 1. The molecule has 1 aromatic carbocycles. The highest BCUT2D eigenvalue weighted by Gasteiger charge is 2.47. The van der Waals surface area contributed by atoms with Gasteiger partial charge in [-0.25, -0.2) is 17.2 Å². The Morgan fingerprint density at radius 2 is 1.71 bits per heavy atom. The summed E-state index contributed by atoms with van der Waals surface area (Å²) in [6.45, 7) is 2.26. The van der Waals surface area contributed by atoms with Crippen LogP contribution in [0.15, 0.2) is 23.2 Å². The van der Waals surface area contributed by atoms with E-state index in [1.807, 2.05) is 4.90 Å². The van der Waals surface area contributed by atoms with E-state index in [4.69, 9.17) is 11.6 Å². The van der Waals surface area contributed by atoms with Crippen molar-refractivity contribution in [3.63, 3.8) is 0 Å². The highest BCUT2D eigenvalue weighted by molar-refractivity contribution is 7.89. The third-order valence-corrected chi connectivity index (χ3v) is 8.92.